The van der Waals surface area contributed by atoms with Crippen molar-refractivity contribution in [1.82, 2.24) is 0 Å². The molecule has 1 N–H and O–H groups in total. The Morgan fingerprint density at radius 1 is 1.11 bits per heavy atom. The summed E-state index contributed by atoms with van der Waals surface area (Å²) in [7, 11) is 0. The van der Waals surface area contributed by atoms with Gasteiger partial charge >= 0.3 is 0 Å². The van der Waals surface area contributed by atoms with Gasteiger partial charge in [0, 0.05) is 11.8 Å². The van der Waals surface area contributed by atoms with Crippen LogP contribution >= 0.6 is 15.9 Å². The van der Waals surface area contributed by atoms with E-state index < -0.39 is 0 Å². The number of benzene rings is 2. The van der Waals surface area contributed by atoms with Crippen LogP contribution in [0, 0.1) is 0 Å². The highest BCUT2D eigenvalue weighted by Gasteiger charge is 2.04. The van der Waals surface area contributed by atoms with Crippen LogP contribution in [0.25, 0.3) is 0 Å². The maximum atomic E-state index is 9.84. The van der Waals surface area contributed by atoms with Crippen LogP contribution in [0.5, 0.6) is 5.75 Å². The molecular formula is C15H14BrNO. The molecule has 0 radical (unpaired) electrons. The fourth-order valence-electron chi connectivity index (χ4n) is 1.65. The van der Waals surface area contributed by atoms with Gasteiger partial charge in [-0.25, -0.2) is 0 Å². The fraction of sp³-hybridized carbons (Fsp3) is 0.133. The molecule has 0 saturated heterocycles. The van der Waals surface area contributed by atoms with E-state index >= 15 is 0 Å². The molecule has 2 nitrogen and oxygen atoms in total. The van der Waals surface area contributed by atoms with Crippen molar-refractivity contribution < 1.29 is 5.11 Å². The zero-order chi connectivity index (χ0) is 13.0. The van der Waals surface area contributed by atoms with Crippen LogP contribution in [0.1, 0.15) is 24.1 Å². The predicted molar refractivity (Wildman–Crippen MR) is 78.3 cm³/mol. The molecule has 2 aromatic rings. The molecule has 0 aliphatic rings. The summed E-state index contributed by atoms with van der Waals surface area (Å²) >= 11 is 3.29. The van der Waals surface area contributed by atoms with Gasteiger partial charge in [-0.15, -0.1) is 0 Å². The minimum absolute atomic E-state index is 0.0737. The van der Waals surface area contributed by atoms with Crippen molar-refractivity contribution in [3.63, 3.8) is 0 Å². The first-order chi connectivity index (χ1) is 8.68. The number of aromatic hydroxyl groups is 1. The summed E-state index contributed by atoms with van der Waals surface area (Å²) in [5.41, 5.74) is 1.87. The molecule has 92 valence electrons. The summed E-state index contributed by atoms with van der Waals surface area (Å²) in [6.07, 6.45) is 1.71. The Kier molecular flexibility index (Phi) is 4.15. The van der Waals surface area contributed by atoms with E-state index in [0.717, 1.165) is 5.56 Å². The zero-order valence-electron chi connectivity index (χ0n) is 10.0. The van der Waals surface area contributed by atoms with E-state index in [4.69, 9.17) is 0 Å². The normalized spacial score (nSPS) is 12.8. The lowest BCUT2D eigenvalue weighted by molar-refractivity contribution is 0.471. The number of para-hydroxylation sites is 1. The second kappa shape index (κ2) is 5.83. The summed E-state index contributed by atoms with van der Waals surface area (Å²) in [5.74, 6) is 0.224. The second-order valence-electron chi connectivity index (χ2n) is 4.04. The standard InChI is InChI=1S/C15H14BrNO/c1-11(12-6-3-2-4-7-12)17-10-13-8-5-9-14(16)15(13)18/h2-11,18H,1H3. The van der Waals surface area contributed by atoms with Gasteiger partial charge in [0.1, 0.15) is 5.75 Å². The van der Waals surface area contributed by atoms with Crippen LogP contribution in [-0.2, 0) is 0 Å². The smallest absolute Gasteiger partial charge is 0.138 e. The van der Waals surface area contributed by atoms with E-state index in [2.05, 4.69) is 20.9 Å². The van der Waals surface area contributed by atoms with E-state index in [0.29, 0.717) is 10.0 Å². The van der Waals surface area contributed by atoms with Gasteiger partial charge < -0.3 is 5.11 Å². The molecule has 1 atom stereocenters. The van der Waals surface area contributed by atoms with Crippen LogP contribution in [0.3, 0.4) is 0 Å². The lowest BCUT2D eigenvalue weighted by Crippen LogP contribution is -1.91. The van der Waals surface area contributed by atoms with Gasteiger partial charge in [0.25, 0.3) is 0 Å². The quantitative estimate of drug-likeness (QED) is 0.841. The second-order valence-corrected chi connectivity index (χ2v) is 4.90. The topological polar surface area (TPSA) is 32.6 Å². The highest BCUT2D eigenvalue weighted by molar-refractivity contribution is 9.10. The molecule has 18 heavy (non-hydrogen) atoms. The fourth-order valence-corrected chi connectivity index (χ4v) is 2.03. The molecule has 3 heteroatoms. The number of nitrogens with zero attached hydrogens (tertiary/aromatic N) is 1. The largest absolute Gasteiger partial charge is 0.506 e. The summed E-state index contributed by atoms with van der Waals surface area (Å²) in [5, 5.41) is 9.84. The summed E-state index contributed by atoms with van der Waals surface area (Å²) in [6.45, 7) is 2.03. The maximum Gasteiger partial charge on any atom is 0.138 e. The van der Waals surface area contributed by atoms with Gasteiger partial charge in [0.15, 0.2) is 0 Å². The maximum absolute atomic E-state index is 9.84. The van der Waals surface area contributed by atoms with Crippen LogP contribution in [0.4, 0.5) is 0 Å². The Morgan fingerprint density at radius 3 is 2.56 bits per heavy atom. The third kappa shape index (κ3) is 2.99. The average molecular weight is 304 g/mol. The minimum Gasteiger partial charge on any atom is -0.506 e. The van der Waals surface area contributed by atoms with Crippen molar-refractivity contribution in [2.75, 3.05) is 0 Å². The van der Waals surface area contributed by atoms with Crippen LogP contribution in [-0.4, -0.2) is 11.3 Å². The third-order valence-corrected chi connectivity index (χ3v) is 3.38. The first-order valence-corrected chi connectivity index (χ1v) is 6.53. The van der Waals surface area contributed by atoms with Crippen LogP contribution in [0.2, 0.25) is 0 Å². The Bertz CT molecular complexity index is 552. The molecule has 0 aliphatic heterocycles. The Morgan fingerprint density at radius 2 is 1.83 bits per heavy atom. The highest BCUT2D eigenvalue weighted by atomic mass is 79.9. The van der Waals surface area contributed by atoms with Crippen molar-refractivity contribution in [1.29, 1.82) is 0 Å². The number of phenolic OH excluding ortho intramolecular Hbond substituents is 1. The Balaban J connectivity index is 2.19. The molecule has 0 saturated carbocycles. The van der Waals surface area contributed by atoms with Gasteiger partial charge in [0.2, 0.25) is 0 Å². The first kappa shape index (κ1) is 12.8. The summed E-state index contributed by atoms with van der Waals surface area (Å²) in [6, 6.07) is 15.7. The monoisotopic (exact) mass is 303 g/mol. The lowest BCUT2D eigenvalue weighted by atomic mass is 10.1. The van der Waals surface area contributed by atoms with Crippen molar-refractivity contribution in [2.45, 2.75) is 13.0 Å². The molecule has 2 aromatic carbocycles. The van der Waals surface area contributed by atoms with Crippen molar-refractivity contribution in [3.8, 4) is 5.75 Å². The summed E-state index contributed by atoms with van der Waals surface area (Å²) in [4.78, 5) is 4.46. The number of rotatable bonds is 3. The van der Waals surface area contributed by atoms with Gasteiger partial charge in [0.05, 0.1) is 10.5 Å². The molecule has 0 spiro atoms. The predicted octanol–water partition coefficient (Wildman–Crippen LogP) is 4.33. The number of hydrogen-bond donors (Lipinski definition) is 1. The molecular weight excluding hydrogens is 290 g/mol. The van der Waals surface area contributed by atoms with Gasteiger partial charge in [-0.3, -0.25) is 4.99 Å². The van der Waals surface area contributed by atoms with E-state index in [1.54, 1.807) is 12.3 Å². The molecule has 2 rings (SSSR count). The van der Waals surface area contributed by atoms with E-state index in [1.165, 1.54) is 0 Å². The van der Waals surface area contributed by atoms with Crippen molar-refractivity contribution in [3.05, 3.63) is 64.1 Å². The van der Waals surface area contributed by atoms with Crippen LogP contribution in [0.15, 0.2) is 58.0 Å². The van der Waals surface area contributed by atoms with Gasteiger partial charge in [-0.1, -0.05) is 36.4 Å². The van der Waals surface area contributed by atoms with Crippen LogP contribution < -0.4 is 0 Å². The average Bonchev–Trinajstić information content (AvgIpc) is 2.41. The third-order valence-electron chi connectivity index (χ3n) is 2.74. The molecule has 1 unspecified atom stereocenters. The molecule has 0 bridgehead atoms. The molecule has 0 fully saturated rings. The molecule has 0 heterocycles. The van der Waals surface area contributed by atoms with E-state index in [9.17, 15) is 5.11 Å². The first-order valence-electron chi connectivity index (χ1n) is 5.74. The summed E-state index contributed by atoms with van der Waals surface area (Å²) < 4.78 is 0.679. The number of halogens is 1. The van der Waals surface area contributed by atoms with E-state index in [1.807, 2.05) is 49.4 Å². The molecule has 0 amide bonds. The number of phenols is 1. The number of hydrogen-bond acceptors (Lipinski definition) is 2. The Labute approximate surface area is 115 Å². The Hall–Kier alpha value is -1.61. The van der Waals surface area contributed by atoms with E-state index in [-0.39, 0.29) is 11.8 Å². The van der Waals surface area contributed by atoms with Crippen molar-refractivity contribution >= 4 is 22.1 Å². The molecule has 0 aliphatic carbocycles. The van der Waals surface area contributed by atoms with Gasteiger partial charge in [-0.2, -0.15) is 0 Å². The van der Waals surface area contributed by atoms with Crippen molar-refractivity contribution in [2.24, 2.45) is 4.99 Å². The number of aliphatic imine (C=N–C) groups is 1. The van der Waals surface area contributed by atoms with Gasteiger partial charge in [-0.05, 0) is 40.5 Å². The molecule has 0 aromatic heterocycles. The SMILES string of the molecule is CC(N=Cc1cccc(Br)c1O)c1ccccc1. The lowest BCUT2D eigenvalue weighted by Gasteiger charge is -2.06. The highest BCUT2D eigenvalue weighted by Crippen LogP contribution is 2.26. The minimum atomic E-state index is 0.0737. The zero-order valence-corrected chi connectivity index (χ0v) is 11.6.